The summed E-state index contributed by atoms with van der Waals surface area (Å²) in [6, 6.07) is 0.450. The molecular weight excluding hydrogens is 244 g/mol. The fourth-order valence-corrected chi connectivity index (χ4v) is 3.09. The Balaban J connectivity index is 2.17. The third-order valence-electron chi connectivity index (χ3n) is 3.37. The number of hydrogen-bond donors (Lipinski definition) is 1. The first-order valence-corrected chi connectivity index (χ1v) is 8.52. The number of unbranched alkanes of at least 4 members (excludes halogenated alkanes) is 3. The first kappa shape index (κ1) is 15.7. The maximum atomic E-state index is 12.1. The molecule has 2 amide bonds. The van der Waals surface area contributed by atoms with E-state index in [0.29, 0.717) is 6.04 Å². The SMILES string of the molecule is CCCCCC[C@@H](C)NC(=O)N1CCCSCC1. The van der Waals surface area contributed by atoms with Gasteiger partial charge in [-0.2, -0.15) is 11.8 Å². The summed E-state index contributed by atoms with van der Waals surface area (Å²) in [5.74, 6) is 2.27. The molecule has 0 aromatic heterocycles. The van der Waals surface area contributed by atoms with Crippen molar-refractivity contribution in [2.45, 2.75) is 58.4 Å². The fraction of sp³-hybridized carbons (Fsp3) is 0.929. The lowest BCUT2D eigenvalue weighted by molar-refractivity contribution is 0.197. The van der Waals surface area contributed by atoms with E-state index in [1.165, 1.54) is 31.4 Å². The molecule has 3 nitrogen and oxygen atoms in total. The van der Waals surface area contributed by atoms with Gasteiger partial charge in [0.25, 0.3) is 0 Å². The van der Waals surface area contributed by atoms with E-state index in [2.05, 4.69) is 19.2 Å². The van der Waals surface area contributed by atoms with Gasteiger partial charge >= 0.3 is 6.03 Å². The summed E-state index contributed by atoms with van der Waals surface area (Å²) in [4.78, 5) is 14.0. The molecule has 0 unspecified atom stereocenters. The van der Waals surface area contributed by atoms with Crippen molar-refractivity contribution >= 4 is 17.8 Å². The van der Waals surface area contributed by atoms with Gasteiger partial charge in [0, 0.05) is 24.9 Å². The number of carbonyl (C=O) groups is 1. The average Bonchev–Trinajstić information content (AvgIpc) is 2.63. The molecule has 1 N–H and O–H groups in total. The normalized spacial score (nSPS) is 18.2. The van der Waals surface area contributed by atoms with E-state index >= 15 is 0 Å². The summed E-state index contributed by atoms with van der Waals surface area (Å²) in [6.07, 6.45) is 7.33. The highest BCUT2D eigenvalue weighted by molar-refractivity contribution is 7.99. The molecule has 4 heteroatoms. The Labute approximate surface area is 116 Å². The second-order valence-corrected chi connectivity index (χ2v) is 6.38. The number of rotatable bonds is 6. The molecule has 1 aliphatic heterocycles. The Morgan fingerprint density at radius 2 is 2.11 bits per heavy atom. The zero-order chi connectivity index (χ0) is 13.2. The summed E-state index contributed by atoms with van der Waals surface area (Å²) >= 11 is 1.95. The van der Waals surface area contributed by atoms with Crippen LogP contribution in [0.1, 0.15) is 52.4 Å². The predicted octanol–water partition coefficient (Wildman–Crippen LogP) is 3.49. The predicted molar refractivity (Wildman–Crippen MR) is 80.3 cm³/mol. The summed E-state index contributed by atoms with van der Waals surface area (Å²) < 4.78 is 0. The van der Waals surface area contributed by atoms with Crippen LogP contribution in [0, 0.1) is 0 Å². The molecule has 0 spiro atoms. The van der Waals surface area contributed by atoms with E-state index in [-0.39, 0.29) is 6.03 Å². The maximum absolute atomic E-state index is 12.1. The van der Waals surface area contributed by atoms with Gasteiger partial charge in [-0.25, -0.2) is 4.79 Å². The monoisotopic (exact) mass is 272 g/mol. The first-order chi connectivity index (χ1) is 8.74. The van der Waals surface area contributed by atoms with Crippen LogP contribution in [0.15, 0.2) is 0 Å². The molecule has 0 aliphatic carbocycles. The number of nitrogens with zero attached hydrogens (tertiary/aromatic N) is 1. The minimum absolute atomic E-state index is 0.139. The Kier molecular flexibility index (Phi) is 8.31. The zero-order valence-corrected chi connectivity index (χ0v) is 12.7. The van der Waals surface area contributed by atoms with Gasteiger partial charge in [0.1, 0.15) is 0 Å². The van der Waals surface area contributed by atoms with Crippen molar-refractivity contribution in [1.29, 1.82) is 0 Å². The molecule has 106 valence electrons. The Morgan fingerprint density at radius 1 is 1.28 bits per heavy atom. The van der Waals surface area contributed by atoms with Crippen LogP contribution >= 0.6 is 11.8 Å². The van der Waals surface area contributed by atoms with Crippen LogP contribution in [0.4, 0.5) is 4.79 Å². The van der Waals surface area contributed by atoms with Crippen molar-refractivity contribution < 1.29 is 4.79 Å². The molecule has 1 heterocycles. The highest BCUT2D eigenvalue weighted by Crippen LogP contribution is 2.11. The van der Waals surface area contributed by atoms with Gasteiger partial charge in [0.2, 0.25) is 0 Å². The van der Waals surface area contributed by atoms with Crippen molar-refractivity contribution in [3.05, 3.63) is 0 Å². The van der Waals surface area contributed by atoms with Crippen LogP contribution in [0.3, 0.4) is 0 Å². The highest BCUT2D eigenvalue weighted by atomic mass is 32.2. The van der Waals surface area contributed by atoms with Crippen molar-refractivity contribution in [1.82, 2.24) is 10.2 Å². The van der Waals surface area contributed by atoms with Crippen LogP contribution in [0.5, 0.6) is 0 Å². The summed E-state index contributed by atoms with van der Waals surface area (Å²) in [7, 11) is 0. The van der Waals surface area contributed by atoms with Gasteiger partial charge in [-0.1, -0.05) is 32.6 Å². The molecule has 1 aliphatic rings. The third kappa shape index (κ3) is 6.53. The van der Waals surface area contributed by atoms with E-state index in [0.717, 1.165) is 31.7 Å². The molecule has 0 aromatic rings. The zero-order valence-electron chi connectivity index (χ0n) is 11.9. The number of nitrogens with one attached hydrogen (secondary N) is 1. The molecule has 0 bridgehead atoms. The molecular formula is C14H28N2OS. The number of thioether (sulfide) groups is 1. The molecule has 18 heavy (non-hydrogen) atoms. The van der Waals surface area contributed by atoms with E-state index in [4.69, 9.17) is 0 Å². The van der Waals surface area contributed by atoms with Crippen LogP contribution in [0.25, 0.3) is 0 Å². The standard InChI is InChI=1S/C14H28N2OS/c1-3-4-5-6-8-13(2)15-14(17)16-9-7-11-18-12-10-16/h13H,3-12H2,1-2H3,(H,15,17)/t13-/m1/s1. The van der Waals surface area contributed by atoms with Gasteiger partial charge in [-0.15, -0.1) is 0 Å². The number of amides is 2. The Bertz CT molecular complexity index is 228. The lowest BCUT2D eigenvalue weighted by atomic mass is 10.1. The van der Waals surface area contributed by atoms with Crippen molar-refractivity contribution in [3.63, 3.8) is 0 Å². The lowest BCUT2D eigenvalue weighted by Crippen LogP contribution is -2.44. The molecule has 1 saturated heterocycles. The molecule has 1 fully saturated rings. The Hall–Kier alpha value is -0.380. The quantitative estimate of drug-likeness (QED) is 0.751. The highest BCUT2D eigenvalue weighted by Gasteiger charge is 2.16. The van der Waals surface area contributed by atoms with Gasteiger partial charge < -0.3 is 10.2 Å². The maximum Gasteiger partial charge on any atom is 0.317 e. The van der Waals surface area contributed by atoms with Gasteiger partial charge in [-0.3, -0.25) is 0 Å². The number of hydrogen-bond acceptors (Lipinski definition) is 2. The van der Waals surface area contributed by atoms with Gasteiger partial charge in [0.15, 0.2) is 0 Å². The van der Waals surface area contributed by atoms with E-state index in [1.54, 1.807) is 0 Å². The summed E-state index contributed by atoms with van der Waals surface area (Å²) in [5.41, 5.74) is 0. The summed E-state index contributed by atoms with van der Waals surface area (Å²) in [5, 5.41) is 3.13. The van der Waals surface area contributed by atoms with Crippen LogP contribution in [-0.2, 0) is 0 Å². The van der Waals surface area contributed by atoms with Gasteiger partial charge in [-0.05, 0) is 25.5 Å². The van der Waals surface area contributed by atoms with E-state index < -0.39 is 0 Å². The van der Waals surface area contributed by atoms with Crippen LogP contribution < -0.4 is 5.32 Å². The fourth-order valence-electron chi connectivity index (χ4n) is 2.20. The number of urea groups is 1. The second kappa shape index (κ2) is 9.54. The molecule has 0 saturated carbocycles. The summed E-state index contributed by atoms with van der Waals surface area (Å²) in [6.45, 7) is 6.17. The topological polar surface area (TPSA) is 32.3 Å². The molecule has 1 atom stereocenters. The van der Waals surface area contributed by atoms with Gasteiger partial charge in [0.05, 0.1) is 0 Å². The minimum Gasteiger partial charge on any atom is -0.336 e. The minimum atomic E-state index is 0.139. The second-order valence-electron chi connectivity index (χ2n) is 5.15. The van der Waals surface area contributed by atoms with Crippen molar-refractivity contribution in [3.8, 4) is 0 Å². The van der Waals surface area contributed by atoms with E-state index in [9.17, 15) is 4.79 Å². The average molecular weight is 272 g/mol. The Morgan fingerprint density at radius 3 is 2.89 bits per heavy atom. The lowest BCUT2D eigenvalue weighted by Gasteiger charge is -2.23. The van der Waals surface area contributed by atoms with Crippen LogP contribution in [-0.4, -0.2) is 41.6 Å². The van der Waals surface area contributed by atoms with E-state index in [1.807, 2.05) is 16.7 Å². The largest absolute Gasteiger partial charge is 0.336 e. The number of carbonyl (C=O) groups excluding carboxylic acids is 1. The molecule has 0 aromatic carbocycles. The van der Waals surface area contributed by atoms with Crippen molar-refractivity contribution in [2.75, 3.05) is 24.6 Å². The first-order valence-electron chi connectivity index (χ1n) is 7.37. The molecule has 0 radical (unpaired) electrons. The van der Waals surface area contributed by atoms with Crippen molar-refractivity contribution in [2.24, 2.45) is 0 Å². The smallest absolute Gasteiger partial charge is 0.317 e. The molecule has 1 rings (SSSR count). The third-order valence-corrected chi connectivity index (χ3v) is 4.42. The van der Waals surface area contributed by atoms with Crippen LogP contribution in [0.2, 0.25) is 0 Å².